The molecule has 0 radical (unpaired) electrons. The van der Waals surface area contributed by atoms with Gasteiger partial charge in [-0.1, -0.05) is 39.0 Å². The zero-order valence-corrected chi connectivity index (χ0v) is 11.1. The minimum Gasteiger partial charge on any atom is -0.365 e. The Labute approximate surface area is 98.3 Å². The number of nitrogens with zero attached hydrogens (tertiary/aromatic N) is 1. The van der Waals surface area contributed by atoms with Crippen LogP contribution in [0.3, 0.4) is 0 Å². The van der Waals surface area contributed by atoms with Crippen LogP contribution in [0, 0.1) is 5.41 Å². The summed E-state index contributed by atoms with van der Waals surface area (Å²) in [7, 11) is 0. The molecule has 0 aromatic heterocycles. The SMILES string of the molecule is CCCCNC1=NCC(CC)(CC)CS1. The second-order valence-electron chi connectivity index (χ2n) is 4.40. The maximum atomic E-state index is 4.67. The van der Waals surface area contributed by atoms with Crippen LogP contribution in [0.5, 0.6) is 0 Å². The van der Waals surface area contributed by atoms with E-state index < -0.39 is 0 Å². The molecule has 0 bridgehead atoms. The molecule has 1 rings (SSSR count). The van der Waals surface area contributed by atoms with Crippen molar-refractivity contribution in [2.75, 3.05) is 18.8 Å². The summed E-state index contributed by atoms with van der Waals surface area (Å²) < 4.78 is 0. The standard InChI is InChI=1S/C12H24N2S/c1-4-7-8-13-11-14-9-12(5-2,6-3)10-15-11/h4-10H2,1-3H3,(H,13,14). The van der Waals surface area contributed by atoms with E-state index in [4.69, 9.17) is 0 Å². The Hall–Kier alpha value is -0.180. The highest BCUT2D eigenvalue weighted by Gasteiger charge is 2.29. The lowest BCUT2D eigenvalue weighted by atomic mass is 9.84. The van der Waals surface area contributed by atoms with Crippen molar-refractivity contribution in [3.8, 4) is 0 Å². The first-order valence-electron chi connectivity index (χ1n) is 6.17. The van der Waals surface area contributed by atoms with Gasteiger partial charge in [0.25, 0.3) is 0 Å². The third kappa shape index (κ3) is 3.71. The van der Waals surface area contributed by atoms with E-state index in [-0.39, 0.29) is 0 Å². The largest absolute Gasteiger partial charge is 0.365 e. The van der Waals surface area contributed by atoms with Crippen molar-refractivity contribution in [2.45, 2.75) is 46.5 Å². The number of rotatable bonds is 5. The number of hydrogen-bond acceptors (Lipinski definition) is 3. The van der Waals surface area contributed by atoms with E-state index >= 15 is 0 Å². The minimum absolute atomic E-state index is 0.473. The fourth-order valence-electron chi connectivity index (χ4n) is 1.71. The van der Waals surface area contributed by atoms with Crippen molar-refractivity contribution in [3.05, 3.63) is 0 Å². The summed E-state index contributed by atoms with van der Waals surface area (Å²) in [5.74, 6) is 1.23. The summed E-state index contributed by atoms with van der Waals surface area (Å²) in [6, 6.07) is 0. The molecule has 1 aliphatic heterocycles. The zero-order valence-electron chi connectivity index (χ0n) is 10.3. The predicted octanol–water partition coefficient (Wildman–Crippen LogP) is 3.29. The van der Waals surface area contributed by atoms with E-state index in [0.29, 0.717) is 5.41 Å². The molecular weight excluding hydrogens is 204 g/mol. The molecule has 0 atom stereocenters. The van der Waals surface area contributed by atoms with Gasteiger partial charge in [-0.15, -0.1) is 0 Å². The molecule has 0 aromatic rings. The number of hydrogen-bond donors (Lipinski definition) is 1. The molecule has 1 N–H and O–H groups in total. The Morgan fingerprint density at radius 2 is 2.07 bits per heavy atom. The van der Waals surface area contributed by atoms with Gasteiger partial charge in [0.2, 0.25) is 0 Å². The molecule has 3 heteroatoms. The van der Waals surface area contributed by atoms with Crippen LogP contribution in [-0.2, 0) is 0 Å². The number of nitrogens with one attached hydrogen (secondary N) is 1. The molecule has 0 saturated carbocycles. The Bertz CT molecular complexity index is 210. The second kappa shape index (κ2) is 6.41. The molecule has 1 aliphatic rings. The van der Waals surface area contributed by atoms with Crippen molar-refractivity contribution in [2.24, 2.45) is 10.4 Å². The third-order valence-electron chi connectivity index (χ3n) is 3.38. The molecule has 1 heterocycles. The van der Waals surface area contributed by atoms with Crippen molar-refractivity contribution in [1.82, 2.24) is 5.32 Å². The van der Waals surface area contributed by atoms with E-state index in [9.17, 15) is 0 Å². The van der Waals surface area contributed by atoms with E-state index in [2.05, 4.69) is 31.1 Å². The van der Waals surface area contributed by atoms with Crippen LogP contribution in [0.15, 0.2) is 4.99 Å². The first-order chi connectivity index (χ1) is 7.26. The minimum atomic E-state index is 0.473. The Morgan fingerprint density at radius 1 is 1.33 bits per heavy atom. The topological polar surface area (TPSA) is 24.4 Å². The smallest absolute Gasteiger partial charge is 0.156 e. The number of unbranched alkanes of at least 4 members (excludes halogenated alkanes) is 1. The normalized spacial score (nSPS) is 19.8. The van der Waals surface area contributed by atoms with Crippen LogP contribution in [0.4, 0.5) is 0 Å². The molecule has 0 spiro atoms. The zero-order chi connectivity index (χ0) is 11.1. The average molecular weight is 228 g/mol. The van der Waals surface area contributed by atoms with Gasteiger partial charge in [-0.3, -0.25) is 4.99 Å². The van der Waals surface area contributed by atoms with E-state index in [1.54, 1.807) is 0 Å². The summed E-state index contributed by atoms with van der Waals surface area (Å²) in [6.45, 7) is 8.88. The second-order valence-corrected chi connectivity index (χ2v) is 5.36. The number of thioether (sulfide) groups is 1. The molecule has 0 aliphatic carbocycles. The van der Waals surface area contributed by atoms with Crippen LogP contribution in [0.2, 0.25) is 0 Å². The predicted molar refractivity (Wildman–Crippen MR) is 70.7 cm³/mol. The maximum absolute atomic E-state index is 4.67. The van der Waals surface area contributed by atoms with Crippen molar-refractivity contribution < 1.29 is 0 Å². The summed E-state index contributed by atoms with van der Waals surface area (Å²) in [5.41, 5.74) is 0.473. The molecule has 0 unspecified atom stereocenters. The molecule has 0 amide bonds. The number of aliphatic imine (C=N–C) groups is 1. The van der Waals surface area contributed by atoms with Gasteiger partial charge in [0, 0.05) is 18.8 Å². The molecule has 88 valence electrons. The lowest BCUT2D eigenvalue weighted by molar-refractivity contribution is 0.318. The van der Waals surface area contributed by atoms with Gasteiger partial charge in [0.15, 0.2) is 5.17 Å². The van der Waals surface area contributed by atoms with Crippen LogP contribution in [0.1, 0.15) is 46.5 Å². The quantitative estimate of drug-likeness (QED) is 0.730. The van der Waals surface area contributed by atoms with Crippen LogP contribution in [0.25, 0.3) is 0 Å². The van der Waals surface area contributed by atoms with Crippen molar-refractivity contribution >= 4 is 16.9 Å². The van der Waals surface area contributed by atoms with Gasteiger partial charge in [0.1, 0.15) is 0 Å². The van der Waals surface area contributed by atoms with E-state index in [1.807, 2.05) is 11.8 Å². The molecule has 2 nitrogen and oxygen atoms in total. The van der Waals surface area contributed by atoms with Crippen molar-refractivity contribution in [3.63, 3.8) is 0 Å². The highest BCUT2D eigenvalue weighted by Crippen LogP contribution is 2.34. The van der Waals surface area contributed by atoms with Crippen LogP contribution >= 0.6 is 11.8 Å². The fourth-order valence-corrected chi connectivity index (χ4v) is 3.01. The lowest BCUT2D eigenvalue weighted by Crippen LogP contribution is -2.34. The summed E-state index contributed by atoms with van der Waals surface area (Å²) in [4.78, 5) is 4.67. The fraction of sp³-hybridized carbons (Fsp3) is 0.917. The van der Waals surface area contributed by atoms with Crippen molar-refractivity contribution in [1.29, 1.82) is 0 Å². The summed E-state index contributed by atoms with van der Waals surface area (Å²) in [5, 5.41) is 4.59. The van der Waals surface area contributed by atoms with E-state index in [0.717, 1.165) is 13.1 Å². The molecule has 0 fully saturated rings. The average Bonchev–Trinajstić information content (AvgIpc) is 2.31. The summed E-state index contributed by atoms with van der Waals surface area (Å²) >= 11 is 1.91. The van der Waals surface area contributed by atoms with E-state index in [1.165, 1.54) is 36.6 Å². The first kappa shape index (κ1) is 12.9. The van der Waals surface area contributed by atoms with Crippen LogP contribution in [-0.4, -0.2) is 24.0 Å². The highest BCUT2D eigenvalue weighted by molar-refractivity contribution is 8.13. The maximum Gasteiger partial charge on any atom is 0.156 e. The molecule has 15 heavy (non-hydrogen) atoms. The number of amidine groups is 1. The van der Waals surface area contributed by atoms with Gasteiger partial charge in [0.05, 0.1) is 0 Å². The third-order valence-corrected chi connectivity index (χ3v) is 4.68. The first-order valence-corrected chi connectivity index (χ1v) is 7.16. The van der Waals surface area contributed by atoms with Gasteiger partial charge in [-0.25, -0.2) is 0 Å². The van der Waals surface area contributed by atoms with Gasteiger partial charge < -0.3 is 5.32 Å². The monoisotopic (exact) mass is 228 g/mol. The Kier molecular flexibility index (Phi) is 5.51. The van der Waals surface area contributed by atoms with Gasteiger partial charge in [-0.2, -0.15) is 0 Å². The Balaban J connectivity index is 2.37. The van der Waals surface area contributed by atoms with Gasteiger partial charge >= 0.3 is 0 Å². The molecular formula is C12H24N2S. The molecule has 0 aromatic carbocycles. The lowest BCUT2D eigenvalue weighted by Gasteiger charge is -2.33. The Morgan fingerprint density at radius 3 is 2.53 bits per heavy atom. The molecule has 0 saturated heterocycles. The summed E-state index contributed by atoms with van der Waals surface area (Å²) in [6.07, 6.45) is 5.00. The van der Waals surface area contributed by atoms with Gasteiger partial charge in [-0.05, 0) is 24.7 Å². The van der Waals surface area contributed by atoms with Crippen LogP contribution < -0.4 is 5.32 Å². The highest BCUT2D eigenvalue weighted by atomic mass is 32.2.